The Kier molecular flexibility index (Phi) is 5.20. The van der Waals surface area contributed by atoms with Crippen molar-refractivity contribution in [3.05, 3.63) is 53.6 Å². The molecule has 2 aromatic rings. The van der Waals surface area contributed by atoms with E-state index in [9.17, 15) is 9.18 Å². The largest absolute Gasteiger partial charge is 0.494 e. The van der Waals surface area contributed by atoms with Crippen molar-refractivity contribution in [3.8, 4) is 5.75 Å². The molecule has 5 heteroatoms. The maximum absolute atomic E-state index is 13.7. The molecular weight excluding hydrogens is 283 g/mol. The standard InChI is InChI=1S/C17H21FN2O2/c1-12(13-6-8-16(22-3)15(18)11-13)19-17(21)9-7-14-5-4-10-20(14)2/h4-6,8,10-12H,7,9H2,1-3H3,(H,19,21)/t12-/m0/s1. The summed E-state index contributed by atoms with van der Waals surface area (Å²) in [7, 11) is 3.38. The molecular formula is C17H21FN2O2. The Morgan fingerprint density at radius 1 is 1.41 bits per heavy atom. The first-order chi connectivity index (χ1) is 10.5. The van der Waals surface area contributed by atoms with Gasteiger partial charge in [0, 0.05) is 25.4 Å². The molecule has 4 nitrogen and oxygen atoms in total. The summed E-state index contributed by atoms with van der Waals surface area (Å²) < 4.78 is 20.6. The first-order valence-electron chi connectivity index (χ1n) is 7.24. The predicted molar refractivity (Wildman–Crippen MR) is 83.2 cm³/mol. The highest BCUT2D eigenvalue weighted by Crippen LogP contribution is 2.21. The zero-order chi connectivity index (χ0) is 16.1. The highest BCUT2D eigenvalue weighted by molar-refractivity contribution is 5.76. The molecule has 0 fully saturated rings. The van der Waals surface area contributed by atoms with Gasteiger partial charge in [-0.15, -0.1) is 0 Å². The number of methoxy groups -OCH3 is 1. The van der Waals surface area contributed by atoms with Crippen molar-refractivity contribution < 1.29 is 13.9 Å². The Bertz CT molecular complexity index is 652. The number of aromatic nitrogens is 1. The third kappa shape index (κ3) is 3.87. The topological polar surface area (TPSA) is 43.3 Å². The fourth-order valence-electron chi connectivity index (χ4n) is 2.35. The molecule has 0 bridgehead atoms. The highest BCUT2D eigenvalue weighted by Gasteiger charge is 2.12. The van der Waals surface area contributed by atoms with Gasteiger partial charge in [-0.1, -0.05) is 6.07 Å². The van der Waals surface area contributed by atoms with Gasteiger partial charge in [-0.05, 0) is 43.2 Å². The minimum atomic E-state index is -0.426. The number of carbonyl (C=O) groups is 1. The maximum Gasteiger partial charge on any atom is 0.220 e. The molecule has 0 unspecified atom stereocenters. The summed E-state index contributed by atoms with van der Waals surface area (Å²) in [6, 6.07) is 8.41. The lowest BCUT2D eigenvalue weighted by Gasteiger charge is -2.15. The SMILES string of the molecule is COc1ccc([C@H](C)NC(=O)CCc2cccn2C)cc1F. The zero-order valence-corrected chi connectivity index (χ0v) is 13.1. The van der Waals surface area contributed by atoms with Gasteiger partial charge in [0.2, 0.25) is 5.91 Å². The molecule has 0 aliphatic rings. The van der Waals surface area contributed by atoms with E-state index in [0.717, 1.165) is 5.69 Å². The van der Waals surface area contributed by atoms with Crippen molar-refractivity contribution in [1.82, 2.24) is 9.88 Å². The van der Waals surface area contributed by atoms with Crippen molar-refractivity contribution in [2.45, 2.75) is 25.8 Å². The molecule has 0 aliphatic heterocycles. The van der Waals surface area contributed by atoms with Gasteiger partial charge in [-0.3, -0.25) is 4.79 Å². The van der Waals surface area contributed by atoms with E-state index in [4.69, 9.17) is 4.74 Å². The van der Waals surface area contributed by atoms with E-state index in [2.05, 4.69) is 5.32 Å². The Labute approximate surface area is 129 Å². The molecule has 1 aromatic carbocycles. The molecule has 22 heavy (non-hydrogen) atoms. The van der Waals surface area contributed by atoms with E-state index in [1.54, 1.807) is 12.1 Å². The average Bonchev–Trinajstić information content (AvgIpc) is 2.90. The van der Waals surface area contributed by atoms with Crippen LogP contribution in [0.2, 0.25) is 0 Å². The number of nitrogens with one attached hydrogen (secondary N) is 1. The van der Waals surface area contributed by atoms with Crippen LogP contribution in [0.25, 0.3) is 0 Å². The zero-order valence-electron chi connectivity index (χ0n) is 13.1. The smallest absolute Gasteiger partial charge is 0.220 e. The van der Waals surface area contributed by atoms with Gasteiger partial charge in [0.15, 0.2) is 11.6 Å². The minimum Gasteiger partial charge on any atom is -0.494 e. The normalized spacial score (nSPS) is 12.0. The Hall–Kier alpha value is -2.30. The number of hydrogen-bond acceptors (Lipinski definition) is 2. The van der Waals surface area contributed by atoms with Crippen LogP contribution >= 0.6 is 0 Å². The van der Waals surface area contributed by atoms with E-state index in [1.165, 1.54) is 13.2 Å². The van der Waals surface area contributed by atoms with Crippen molar-refractivity contribution in [2.24, 2.45) is 7.05 Å². The Morgan fingerprint density at radius 2 is 2.18 bits per heavy atom. The van der Waals surface area contributed by atoms with E-state index >= 15 is 0 Å². The van der Waals surface area contributed by atoms with Crippen LogP contribution in [-0.2, 0) is 18.3 Å². The van der Waals surface area contributed by atoms with E-state index in [0.29, 0.717) is 18.4 Å². The second-order valence-electron chi connectivity index (χ2n) is 5.29. The van der Waals surface area contributed by atoms with Crippen molar-refractivity contribution in [3.63, 3.8) is 0 Å². The maximum atomic E-state index is 13.7. The molecule has 118 valence electrons. The lowest BCUT2D eigenvalue weighted by Crippen LogP contribution is -2.27. The number of nitrogens with zero attached hydrogens (tertiary/aromatic N) is 1. The van der Waals surface area contributed by atoms with Gasteiger partial charge in [0.1, 0.15) is 0 Å². The number of amides is 1. The molecule has 0 radical (unpaired) electrons. The first-order valence-corrected chi connectivity index (χ1v) is 7.24. The molecule has 0 saturated heterocycles. The summed E-state index contributed by atoms with van der Waals surface area (Å²) in [5.74, 6) is -0.277. The third-order valence-electron chi connectivity index (χ3n) is 3.71. The molecule has 1 heterocycles. The average molecular weight is 304 g/mol. The van der Waals surface area contributed by atoms with Crippen molar-refractivity contribution in [2.75, 3.05) is 7.11 Å². The number of halogens is 1. The van der Waals surface area contributed by atoms with E-state index in [-0.39, 0.29) is 17.7 Å². The number of benzene rings is 1. The lowest BCUT2D eigenvalue weighted by molar-refractivity contribution is -0.121. The predicted octanol–water partition coefficient (Wildman–Crippen LogP) is 2.98. The third-order valence-corrected chi connectivity index (χ3v) is 3.71. The second-order valence-corrected chi connectivity index (χ2v) is 5.29. The first kappa shape index (κ1) is 16.1. The number of aryl methyl sites for hydroxylation is 2. The fourth-order valence-corrected chi connectivity index (χ4v) is 2.35. The van der Waals surface area contributed by atoms with Gasteiger partial charge >= 0.3 is 0 Å². The summed E-state index contributed by atoms with van der Waals surface area (Å²) in [4.78, 5) is 12.0. The monoisotopic (exact) mass is 304 g/mol. The molecule has 1 amide bonds. The molecule has 1 N–H and O–H groups in total. The Morgan fingerprint density at radius 3 is 2.77 bits per heavy atom. The molecule has 0 aliphatic carbocycles. The quantitative estimate of drug-likeness (QED) is 0.891. The summed E-state index contributed by atoms with van der Waals surface area (Å²) in [5, 5.41) is 2.89. The second kappa shape index (κ2) is 7.11. The number of ether oxygens (including phenoxy) is 1. The van der Waals surface area contributed by atoms with Crippen LogP contribution in [-0.4, -0.2) is 17.6 Å². The summed E-state index contributed by atoms with van der Waals surface area (Å²) in [5.41, 5.74) is 1.82. The highest BCUT2D eigenvalue weighted by atomic mass is 19.1. The van der Waals surface area contributed by atoms with Gasteiger partial charge < -0.3 is 14.6 Å². The number of carbonyl (C=O) groups excluding carboxylic acids is 1. The van der Waals surface area contributed by atoms with Crippen molar-refractivity contribution in [1.29, 1.82) is 0 Å². The van der Waals surface area contributed by atoms with Crippen molar-refractivity contribution >= 4 is 5.91 Å². The number of hydrogen-bond donors (Lipinski definition) is 1. The Balaban J connectivity index is 1.91. The number of rotatable bonds is 6. The van der Waals surface area contributed by atoms with Gasteiger partial charge in [-0.25, -0.2) is 4.39 Å². The molecule has 1 atom stereocenters. The van der Waals surface area contributed by atoms with Gasteiger partial charge in [-0.2, -0.15) is 0 Å². The minimum absolute atomic E-state index is 0.0510. The summed E-state index contributed by atoms with van der Waals surface area (Å²) in [6.45, 7) is 1.83. The van der Waals surface area contributed by atoms with Crippen LogP contribution < -0.4 is 10.1 Å². The summed E-state index contributed by atoms with van der Waals surface area (Å²) in [6.07, 6.45) is 3.04. The van der Waals surface area contributed by atoms with E-state index in [1.807, 2.05) is 36.9 Å². The van der Waals surface area contributed by atoms with Crippen LogP contribution in [0.1, 0.15) is 30.6 Å². The molecule has 0 spiro atoms. The van der Waals surface area contributed by atoms with Crippen LogP contribution in [0.5, 0.6) is 5.75 Å². The van der Waals surface area contributed by atoms with E-state index < -0.39 is 5.82 Å². The van der Waals surface area contributed by atoms with Crippen LogP contribution in [0.4, 0.5) is 4.39 Å². The van der Waals surface area contributed by atoms with Crippen LogP contribution in [0.15, 0.2) is 36.5 Å². The molecule has 1 aromatic heterocycles. The van der Waals surface area contributed by atoms with Gasteiger partial charge in [0.25, 0.3) is 0 Å². The lowest BCUT2D eigenvalue weighted by atomic mass is 10.1. The van der Waals surface area contributed by atoms with Gasteiger partial charge in [0.05, 0.1) is 13.2 Å². The summed E-state index contributed by atoms with van der Waals surface area (Å²) >= 11 is 0. The molecule has 0 saturated carbocycles. The van der Waals surface area contributed by atoms with Crippen LogP contribution in [0.3, 0.4) is 0 Å². The van der Waals surface area contributed by atoms with Crippen LogP contribution in [0, 0.1) is 5.82 Å². The fraction of sp³-hybridized carbons (Fsp3) is 0.353. The molecule has 2 rings (SSSR count).